The highest BCUT2D eigenvalue weighted by molar-refractivity contribution is 5.84. The lowest BCUT2D eigenvalue weighted by molar-refractivity contribution is -0.152. The summed E-state index contributed by atoms with van der Waals surface area (Å²) in [7, 11) is 1.84. The Bertz CT molecular complexity index is 481. The molecule has 0 spiro atoms. The lowest BCUT2D eigenvalue weighted by Crippen LogP contribution is -2.52. The molecule has 0 heterocycles. The summed E-state index contributed by atoms with van der Waals surface area (Å²) in [6.45, 7) is 6.72. The topological polar surface area (TPSA) is 38.3 Å². The number of ether oxygens (including phenoxy) is 1. The molecule has 0 saturated carbocycles. The van der Waals surface area contributed by atoms with Crippen LogP contribution in [0.3, 0.4) is 0 Å². The highest BCUT2D eigenvalue weighted by atomic mass is 16.5. The molecule has 1 aromatic carbocycles. The zero-order chi connectivity index (χ0) is 14.1. The molecule has 1 aromatic rings. The maximum atomic E-state index is 12.4. The third-order valence-electron chi connectivity index (χ3n) is 4.29. The van der Waals surface area contributed by atoms with Crippen molar-refractivity contribution in [3.05, 3.63) is 35.4 Å². The largest absolute Gasteiger partial charge is 0.464 e. The fourth-order valence-corrected chi connectivity index (χ4v) is 3.04. The Hall–Kier alpha value is -1.35. The molecule has 2 rings (SSSR count). The summed E-state index contributed by atoms with van der Waals surface area (Å²) in [6.07, 6.45) is 1.73. The van der Waals surface area contributed by atoms with Crippen molar-refractivity contribution in [2.24, 2.45) is 0 Å². The quantitative estimate of drug-likeness (QED) is 0.850. The minimum atomic E-state index is -0.692. The molecule has 1 atom stereocenters. The van der Waals surface area contributed by atoms with Gasteiger partial charge in [0, 0.05) is 0 Å². The second kappa shape index (κ2) is 4.97. The van der Waals surface area contributed by atoms with Gasteiger partial charge in [0.1, 0.15) is 5.54 Å². The van der Waals surface area contributed by atoms with Crippen molar-refractivity contribution in [1.29, 1.82) is 0 Å². The molecule has 19 heavy (non-hydrogen) atoms. The summed E-state index contributed by atoms with van der Waals surface area (Å²) in [5.74, 6) is -0.166. The predicted octanol–water partition coefficient (Wildman–Crippen LogP) is 2.74. The van der Waals surface area contributed by atoms with Crippen LogP contribution in [0, 0.1) is 0 Å². The molecule has 0 aromatic heterocycles. The third-order valence-corrected chi connectivity index (χ3v) is 4.29. The van der Waals surface area contributed by atoms with E-state index >= 15 is 0 Å². The van der Waals surface area contributed by atoms with Gasteiger partial charge in [-0.05, 0) is 43.4 Å². The Labute approximate surface area is 115 Å². The lowest BCUT2D eigenvalue weighted by atomic mass is 9.65. The van der Waals surface area contributed by atoms with Crippen molar-refractivity contribution in [3.8, 4) is 0 Å². The summed E-state index contributed by atoms with van der Waals surface area (Å²) in [5.41, 5.74) is 1.71. The Morgan fingerprint density at radius 1 is 1.26 bits per heavy atom. The normalized spacial score (nSPS) is 24.6. The van der Waals surface area contributed by atoms with Gasteiger partial charge in [-0.2, -0.15) is 0 Å². The van der Waals surface area contributed by atoms with E-state index in [-0.39, 0.29) is 11.4 Å². The second-order valence-corrected chi connectivity index (χ2v) is 5.81. The Kier molecular flexibility index (Phi) is 3.68. The number of hydrogen-bond acceptors (Lipinski definition) is 3. The molecule has 1 unspecified atom stereocenters. The summed E-state index contributed by atoms with van der Waals surface area (Å²) < 4.78 is 5.30. The number of esters is 1. The van der Waals surface area contributed by atoms with Gasteiger partial charge in [-0.1, -0.05) is 38.1 Å². The number of fused-ring (bicyclic) bond motifs is 1. The van der Waals surface area contributed by atoms with Gasteiger partial charge in [-0.15, -0.1) is 0 Å². The highest BCUT2D eigenvalue weighted by Crippen LogP contribution is 2.45. The highest BCUT2D eigenvalue weighted by Gasteiger charge is 2.47. The number of likely N-dealkylation sites (N-methyl/N-ethyl adjacent to an activating group) is 1. The van der Waals surface area contributed by atoms with Crippen molar-refractivity contribution >= 4 is 5.97 Å². The van der Waals surface area contributed by atoms with Crippen LogP contribution < -0.4 is 5.32 Å². The van der Waals surface area contributed by atoms with E-state index in [2.05, 4.69) is 25.2 Å². The van der Waals surface area contributed by atoms with E-state index in [9.17, 15) is 4.79 Å². The molecular weight excluding hydrogens is 238 g/mol. The van der Waals surface area contributed by atoms with Gasteiger partial charge in [-0.3, -0.25) is 0 Å². The van der Waals surface area contributed by atoms with Gasteiger partial charge in [0.15, 0.2) is 0 Å². The lowest BCUT2D eigenvalue weighted by Gasteiger charge is -2.43. The molecule has 0 saturated heterocycles. The van der Waals surface area contributed by atoms with Crippen LogP contribution in [0.2, 0.25) is 0 Å². The summed E-state index contributed by atoms with van der Waals surface area (Å²) in [6, 6.07) is 8.20. The summed E-state index contributed by atoms with van der Waals surface area (Å²) in [4.78, 5) is 12.4. The smallest absolute Gasteiger partial charge is 0.330 e. The first-order valence-corrected chi connectivity index (χ1v) is 6.94. The average molecular weight is 261 g/mol. The van der Waals surface area contributed by atoms with E-state index in [0.717, 1.165) is 18.4 Å². The van der Waals surface area contributed by atoms with Crippen molar-refractivity contribution in [2.75, 3.05) is 13.7 Å². The zero-order valence-electron chi connectivity index (χ0n) is 12.2. The molecule has 104 valence electrons. The Morgan fingerprint density at radius 2 is 1.89 bits per heavy atom. The van der Waals surface area contributed by atoms with Crippen LogP contribution in [0.1, 0.15) is 44.7 Å². The van der Waals surface area contributed by atoms with E-state index in [1.54, 1.807) is 0 Å². The minimum Gasteiger partial charge on any atom is -0.464 e. The molecule has 0 amide bonds. The number of benzene rings is 1. The maximum absolute atomic E-state index is 12.4. The van der Waals surface area contributed by atoms with Crippen molar-refractivity contribution in [2.45, 2.75) is 44.6 Å². The SMILES string of the molecule is CCOC(=O)C1(NC)CCC(C)(C)c2ccccc21. The number of nitrogens with one attached hydrogen (secondary N) is 1. The van der Waals surface area contributed by atoms with Crippen molar-refractivity contribution in [1.82, 2.24) is 5.32 Å². The van der Waals surface area contributed by atoms with E-state index in [0.29, 0.717) is 6.61 Å². The monoisotopic (exact) mass is 261 g/mol. The van der Waals surface area contributed by atoms with Gasteiger partial charge in [0.25, 0.3) is 0 Å². The molecule has 0 fully saturated rings. The van der Waals surface area contributed by atoms with E-state index in [1.807, 2.05) is 32.2 Å². The fraction of sp³-hybridized carbons (Fsp3) is 0.562. The maximum Gasteiger partial charge on any atom is 0.330 e. The van der Waals surface area contributed by atoms with Gasteiger partial charge < -0.3 is 10.1 Å². The molecule has 1 aliphatic carbocycles. The molecule has 3 nitrogen and oxygen atoms in total. The summed E-state index contributed by atoms with van der Waals surface area (Å²) >= 11 is 0. The predicted molar refractivity (Wildman–Crippen MR) is 76.1 cm³/mol. The first kappa shape index (κ1) is 14.1. The molecule has 0 aliphatic heterocycles. The van der Waals surface area contributed by atoms with Crippen LogP contribution in [-0.4, -0.2) is 19.6 Å². The molecule has 1 aliphatic rings. The van der Waals surface area contributed by atoms with Crippen LogP contribution >= 0.6 is 0 Å². The van der Waals surface area contributed by atoms with E-state index < -0.39 is 5.54 Å². The molecule has 3 heteroatoms. The van der Waals surface area contributed by atoms with Crippen molar-refractivity contribution < 1.29 is 9.53 Å². The number of carbonyl (C=O) groups is 1. The molecule has 1 N–H and O–H groups in total. The second-order valence-electron chi connectivity index (χ2n) is 5.81. The Morgan fingerprint density at radius 3 is 2.47 bits per heavy atom. The van der Waals surface area contributed by atoms with Crippen LogP contribution in [0.25, 0.3) is 0 Å². The molecule has 0 bridgehead atoms. The third kappa shape index (κ3) is 2.16. The number of carbonyl (C=O) groups excluding carboxylic acids is 1. The average Bonchev–Trinajstić information content (AvgIpc) is 2.40. The first-order valence-electron chi connectivity index (χ1n) is 6.94. The zero-order valence-corrected chi connectivity index (χ0v) is 12.2. The summed E-state index contributed by atoms with van der Waals surface area (Å²) in [5, 5.41) is 3.22. The minimum absolute atomic E-state index is 0.101. The van der Waals surface area contributed by atoms with E-state index in [1.165, 1.54) is 5.56 Å². The van der Waals surface area contributed by atoms with Gasteiger partial charge in [0.05, 0.1) is 6.61 Å². The van der Waals surface area contributed by atoms with Gasteiger partial charge in [-0.25, -0.2) is 4.79 Å². The van der Waals surface area contributed by atoms with Gasteiger partial charge >= 0.3 is 5.97 Å². The molecule has 0 radical (unpaired) electrons. The first-order chi connectivity index (χ1) is 8.98. The van der Waals surface area contributed by atoms with Crippen LogP contribution in [0.15, 0.2) is 24.3 Å². The van der Waals surface area contributed by atoms with Gasteiger partial charge in [0.2, 0.25) is 0 Å². The van der Waals surface area contributed by atoms with Crippen molar-refractivity contribution in [3.63, 3.8) is 0 Å². The Balaban J connectivity index is 2.56. The molecular formula is C16H23NO2. The van der Waals surface area contributed by atoms with Crippen LogP contribution in [0.4, 0.5) is 0 Å². The standard InChI is InChI=1S/C16H23NO2/c1-5-19-14(18)16(17-4)11-10-15(2,3)12-8-6-7-9-13(12)16/h6-9,17H,5,10-11H2,1-4H3. The van der Waals surface area contributed by atoms with Crippen LogP contribution in [-0.2, 0) is 20.5 Å². The fourth-order valence-electron chi connectivity index (χ4n) is 3.04. The van der Waals surface area contributed by atoms with E-state index in [4.69, 9.17) is 4.74 Å². The number of hydrogen-bond donors (Lipinski definition) is 1. The van der Waals surface area contributed by atoms with Crippen LogP contribution in [0.5, 0.6) is 0 Å². The number of rotatable bonds is 3.